The zero-order valence-electron chi connectivity index (χ0n) is 7.99. The van der Waals surface area contributed by atoms with Gasteiger partial charge in [-0.05, 0) is 15.9 Å². The van der Waals surface area contributed by atoms with Gasteiger partial charge in [-0.2, -0.15) is 0 Å². The summed E-state index contributed by atoms with van der Waals surface area (Å²) in [6, 6.07) is 0. The molecule has 1 heterocycles. The van der Waals surface area contributed by atoms with Crippen molar-refractivity contribution in [2.45, 2.75) is 0 Å². The lowest BCUT2D eigenvalue weighted by Crippen LogP contribution is -2.28. The normalized spacial score (nSPS) is 9.64. The minimum atomic E-state index is -0.00416. The number of likely N-dealkylation sites (N-methyl/N-ethyl adjacent to an activating group) is 1. The molecule has 6 heteroatoms. The van der Waals surface area contributed by atoms with E-state index in [2.05, 4.69) is 31.2 Å². The van der Waals surface area contributed by atoms with Crippen LogP contribution < -0.4 is 5.32 Å². The fourth-order valence-corrected chi connectivity index (χ4v) is 1.12. The van der Waals surface area contributed by atoms with Crippen LogP contribution in [-0.4, -0.2) is 41.4 Å². The van der Waals surface area contributed by atoms with Crippen LogP contribution in [0.25, 0.3) is 0 Å². The van der Waals surface area contributed by atoms with E-state index in [-0.39, 0.29) is 12.5 Å². The number of aromatic nitrogens is 2. The summed E-state index contributed by atoms with van der Waals surface area (Å²) in [6.45, 7) is 0.225. The molecule has 0 saturated carbocycles. The molecular formula is C8H11BrN4O. The molecule has 0 atom stereocenters. The van der Waals surface area contributed by atoms with Gasteiger partial charge in [-0.1, -0.05) is 0 Å². The molecule has 0 fully saturated rings. The molecule has 5 nitrogen and oxygen atoms in total. The van der Waals surface area contributed by atoms with Crippen LogP contribution in [-0.2, 0) is 4.79 Å². The zero-order chi connectivity index (χ0) is 10.6. The molecule has 0 saturated heterocycles. The molecule has 1 rings (SSSR count). The van der Waals surface area contributed by atoms with Gasteiger partial charge in [0, 0.05) is 20.3 Å². The number of amides is 1. The minimum absolute atomic E-state index is 0.00416. The predicted molar refractivity (Wildman–Crippen MR) is 56.9 cm³/mol. The van der Waals surface area contributed by atoms with Gasteiger partial charge in [0.2, 0.25) is 5.91 Å². The fourth-order valence-electron chi connectivity index (χ4n) is 0.760. The monoisotopic (exact) mass is 258 g/mol. The Balaban J connectivity index is 2.54. The van der Waals surface area contributed by atoms with Gasteiger partial charge in [0.05, 0.1) is 11.0 Å². The molecule has 0 aliphatic carbocycles. The predicted octanol–water partition coefficient (Wildman–Crippen LogP) is 0.739. The second kappa shape index (κ2) is 4.90. The number of anilines is 1. The van der Waals surface area contributed by atoms with Crippen molar-refractivity contribution in [1.82, 2.24) is 14.9 Å². The topological polar surface area (TPSA) is 58.1 Å². The van der Waals surface area contributed by atoms with E-state index in [4.69, 9.17) is 0 Å². The number of nitrogens with zero attached hydrogens (tertiary/aromatic N) is 3. The Labute approximate surface area is 90.7 Å². The van der Waals surface area contributed by atoms with Crippen molar-refractivity contribution in [2.75, 3.05) is 26.0 Å². The van der Waals surface area contributed by atoms with E-state index < -0.39 is 0 Å². The van der Waals surface area contributed by atoms with Crippen LogP contribution in [0.4, 0.5) is 5.82 Å². The van der Waals surface area contributed by atoms with Crippen LogP contribution in [0.2, 0.25) is 0 Å². The van der Waals surface area contributed by atoms with Gasteiger partial charge in [0.25, 0.3) is 0 Å². The standard InChI is InChI=1S/C8H11BrN4O/c1-13(2)7(14)4-11-8-6(9)3-10-5-12-8/h3,5H,4H2,1-2H3,(H,10,11,12). The van der Waals surface area contributed by atoms with Crippen LogP contribution in [0.15, 0.2) is 17.0 Å². The van der Waals surface area contributed by atoms with Gasteiger partial charge in [0.15, 0.2) is 0 Å². The van der Waals surface area contributed by atoms with Crippen molar-refractivity contribution >= 4 is 27.7 Å². The summed E-state index contributed by atoms with van der Waals surface area (Å²) >= 11 is 3.27. The first kappa shape index (κ1) is 10.9. The van der Waals surface area contributed by atoms with Gasteiger partial charge in [-0.15, -0.1) is 0 Å². The number of hydrogen-bond donors (Lipinski definition) is 1. The zero-order valence-corrected chi connectivity index (χ0v) is 9.58. The molecule has 14 heavy (non-hydrogen) atoms. The summed E-state index contributed by atoms with van der Waals surface area (Å²) in [5, 5.41) is 2.90. The Hall–Kier alpha value is -1.17. The van der Waals surface area contributed by atoms with Crippen LogP contribution in [0.5, 0.6) is 0 Å². The average Bonchev–Trinajstić information content (AvgIpc) is 2.16. The third kappa shape index (κ3) is 2.95. The van der Waals surface area contributed by atoms with Crippen molar-refractivity contribution < 1.29 is 4.79 Å². The lowest BCUT2D eigenvalue weighted by molar-refractivity contribution is -0.126. The highest BCUT2D eigenvalue weighted by molar-refractivity contribution is 9.10. The van der Waals surface area contributed by atoms with Crippen LogP contribution in [0.1, 0.15) is 0 Å². The summed E-state index contributed by atoms with van der Waals surface area (Å²) in [6.07, 6.45) is 3.04. The minimum Gasteiger partial charge on any atom is -0.360 e. The largest absolute Gasteiger partial charge is 0.360 e. The van der Waals surface area contributed by atoms with Crippen LogP contribution in [0.3, 0.4) is 0 Å². The van der Waals surface area contributed by atoms with Crippen LogP contribution in [0, 0.1) is 0 Å². The molecule has 0 spiro atoms. The molecular weight excluding hydrogens is 248 g/mol. The van der Waals surface area contributed by atoms with Crippen LogP contribution >= 0.6 is 15.9 Å². The summed E-state index contributed by atoms with van der Waals surface area (Å²) in [7, 11) is 3.41. The molecule has 0 aliphatic heterocycles. The molecule has 1 N–H and O–H groups in total. The first-order chi connectivity index (χ1) is 6.61. The van der Waals surface area contributed by atoms with Gasteiger partial charge in [0.1, 0.15) is 12.1 Å². The number of rotatable bonds is 3. The highest BCUT2D eigenvalue weighted by Crippen LogP contribution is 2.16. The molecule has 0 radical (unpaired) electrons. The lowest BCUT2D eigenvalue weighted by Gasteiger charge is -2.11. The Morgan fingerprint density at radius 2 is 2.36 bits per heavy atom. The van der Waals surface area contributed by atoms with E-state index in [0.717, 1.165) is 4.47 Å². The van der Waals surface area contributed by atoms with Gasteiger partial charge >= 0.3 is 0 Å². The maximum Gasteiger partial charge on any atom is 0.241 e. The number of nitrogens with one attached hydrogen (secondary N) is 1. The molecule has 1 aromatic rings. The maximum absolute atomic E-state index is 11.2. The lowest BCUT2D eigenvalue weighted by atomic mass is 10.5. The summed E-state index contributed by atoms with van der Waals surface area (Å²) in [5.74, 6) is 0.616. The van der Waals surface area contributed by atoms with Crippen molar-refractivity contribution in [1.29, 1.82) is 0 Å². The van der Waals surface area contributed by atoms with Crippen molar-refractivity contribution in [3.8, 4) is 0 Å². The fraction of sp³-hybridized carbons (Fsp3) is 0.375. The second-order valence-electron chi connectivity index (χ2n) is 2.86. The number of carbonyl (C=O) groups excluding carboxylic acids is 1. The summed E-state index contributed by atoms with van der Waals surface area (Å²) < 4.78 is 0.742. The van der Waals surface area contributed by atoms with Gasteiger partial charge in [-0.25, -0.2) is 9.97 Å². The van der Waals surface area contributed by atoms with Crippen molar-refractivity contribution in [3.63, 3.8) is 0 Å². The first-order valence-electron chi connectivity index (χ1n) is 4.01. The van der Waals surface area contributed by atoms with E-state index in [1.54, 1.807) is 20.3 Å². The van der Waals surface area contributed by atoms with E-state index in [1.807, 2.05) is 0 Å². The Morgan fingerprint density at radius 3 is 2.93 bits per heavy atom. The maximum atomic E-state index is 11.2. The highest BCUT2D eigenvalue weighted by atomic mass is 79.9. The Bertz CT molecular complexity index is 329. The van der Waals surface area contributed by atoms with E-state index in [0.29, 0.717) is 5.82 Å². The molecule has 1 amide bonds. The number of hydrogen-bond acceptors (Lipinski definition) is 4. The molecule has 0 aliphatic rings. The third-order valence-corrected chi connectivity index (χ3v) is 2.15. The highest BCUT2D eigenvalue weighted by Gasteiger charge is 2.05. The Kier molecular flexibility index (Phi) is 3.82. The quantitative estimate of drug-likeness (QED) is 0.869. The van der Waals surface area contributed by atoms with Crippen molar-refractivity contribution in [2.24, 2.45) is 0 Å². The van der Waals surface area contributed by atoms with E-state index in [9.17, 15) is 4.79 Å². The molecule has 76 valence electrons. The smallest absolute Gasteiger partial charge is 0.241 e. The molecule has 0 bridgehead atoms. The number of carbonyl (C=O) groups is 1. The van der Waals surface area contributed by atoms with E-state index >= 15 is 0 Å². The summed E-state index contributed by atoms with van der Waals surface area (Å²) in [4.78, 5) is 20.5. The van der Waals surface area contributed by atoms with E-state index in [1.165, 1.54) is 11.2 Å². The summed E-state index contributed by atoms with van der Waals surface area (Å²) in [5.41, 5.74) is 0. The van der Waals surface area contributed by atoms with Crippen molar-refractivity contribution in [3.05, 3.63) is 17.0 Å². The van der Waals surface area contributed by atoms with Gasteiger partial charge in [-0.3, -0.25) is 4.79 Å². The first-order valence-corrected chi connectivity index (χ1v) is 4.80. The Morgan fingerprint density at radius 1 is 1.64 bits per heavy atom. The van der Waals surface area contributed by atoms with Gasteiger partial charge < -0.3 is 10.2 Å². The average molecular weight is 259 g/mol. The second-order valence-corrected chi connectivity index (χ2v) is 3.72. The SMILES string of the molecule is CN(C)C(=O)CNc1ncncc1Br. The molecule has 0 aromatic carbocycles. The number of halogens is 1. The third-order valence-electron chi connectivity index (χ3n) is 1.57. The molecule has 1 aromatic heterocycles. The molecule has 0 unspecified atom stereocenters.